The first-order valence-corrected chi connectivity index (χ1v) is 12.3. The van der Waals surface area contributed by atoms with Crippen molar-refractivity contribution in [3.8, 4) is 11.4 Å². The van der Waals surface area contributed by atoms with Gasteiger partial charge < -0.3 is 9.47 Å². The number of carbonyl (C=O) groups excluding carboxylic acids is 3. The lowest BCUT2D eigenvalue weighted by molar-refractivity contribution is 0.0429. The van der Waals surface area contributed by atoms with Gasteiger partial charge in [0.25, 0.3) is 0 Å². The van der Waals surface area contributed by atoms with E-state index < -0.39 is 40.8 Å². The number of aromatic nitrogens is 4. The van der Waals surface area contributed by atoms with Crippen molar-refractivity contribution in [3.63, 3.8) is 0 Å². The number of esters is 2. The number of methoxy groups -OCH3 is 2. The second-order valence-electron chi connectivity index (χ2n) is 8.09. The Hall–Kier alpha value is -3.85. The molecule has 0 spiro atoms. The van der Waals surface area contributed by atoms with E-state index in [2.05, 4.69) is 51.5 Å². The van der Waals surface area contributed by atoms with Crippen LogP contribution < -0.4 is 0 Å². The summed E-state index contributed by atoms with van der Waals surface area (Å²) < 4.78 is 67.6. The van der Waals surface area contributed by atoms with Gasteiger partial charge in [-0.1, -0.05) is 0 Å². The van der Waals surface area contributed by atoms with Gasteiger partial charge in [0.15, 0.2) is 0 Å². The van der Waals surface area contributed by atoms with E-state index in [1.807, 2.05) is 0 Å². The van der Waals surface area contributed by atoms with Gasteiger partial charge in [-0.05, 0) is 56.1 Å². The van der Waals surface area contributed by atoms with Gasteiger partial charge in [-0.2, -0.15) is 19.0 Å². The molecule has 4 aromatic rings. The molecule has 0 aliphatic carbocycles. The minimum atomic E-state index is -3.45. The molecule has 15 heteroatoms. The van der Waals surface area contributed by atoms with E-state index in [1.165, 1.54) is 24.2 Å². The highest BCUT2D eigenvalue weighted by atomic mass is 79.9. The van der Waals surface area contributed by atoms with E-state index >= 15 is 0 Å². The van der Waals surface area contributed by atoms with Gasteiger partial charge in [0.2, 0.25) is 5.78 Å². The first-order chi connectivity index (χ1) is 18.4. The normalized spacial score (nSPS) is 13.6. The third-order valence-corrected chi connectivity index (χ3v) is 7.09. The molecule has 200 valence electrons. The molecule has 6 rings (SSSR count). The van der Waals surface area contributed by atoms with E-state index in [9.17, 15) is 31.9 Å². The molecule has 4 heterocycles. The highest BCUT2D eigenvalue weighted by Gasteiger charge is 2.49. The van der Waals surface area contributed by atoms with Crippen molar-refractivity contribution in [1.82, 2.24) is 19.6 Å². The predicted octanol–water partition coefficient (Wildman–Crippen LogP) is 5.12. The van der Waals surface area contributed by atoms with Gasteiger partial charge >= 0.3 is 17.9 Å². The standard InChI is InChI=1S/C12H6BrF3N2O2.C12H6BrFN2O3/c1-20-11(19)6-2-5(14)3-7-9(6)18-10(12(7,15)16)8(13)4-17-18;1-19-12(18)7-3-5(14)2-6-9(7)16-10(11(6)17)8(13)4-15-16/h2-4H,1H3;2-4H,1H3. The smallest absolute Gasteiger partial charge is 0.340 e. The number of carbonyl (C=O) groups is 3. The number of hydrogen-bond donors (Lipinski definition) is 0. The lowest BCUT2D eigenvalue weighted by Gasteiger charge is -2.11. The first-order valence-electron chi connectivity index (χ1n) is 10.7. The zero-order valence-corrected chi connectivity index (χ0v) is 22.7. The van der Waals surface area contributed by atoms with Crippen LogP contribution in [-0.2, 0) is 15.4 Å². The molecule has 2 aromatic heterocycles. The summed E-state index contributed by atoms with van der Waals surface area (Å²) in [5.41, 5.74) is -0.917. The van der Waals surface area contributed by atoms with Crippen LogP contribution in [0.1, 0.15) is 48.0 Å². The molecule has 0 atom stereocenters. The van der Waals surface area contributed by atoms with Gasteiger partial charge in [0.05, 0.1) is 69.2 Å². The molecule has 39 heavy (non-hydrogen) atoms. The zero-order valence-electron chi connectivity index (χ0n) is 19.6. The van der Waals surface area contributed by atoms with E-state index in [0.717, 1.165) is 30.0 Å². The number of nitrogens with zero attached hydrogens (tertiary/aromatic N) is 4. The van der Waals surface area contributed by atoms with Crippen molar-refractivity contribution >= 4 is 49.6 Å². The fourth-order valence-corrected chi connectivity index (χ4v) is 5.29. The Labute approximate surface area is 232 Å². The molecule has 0 radical (unpaired) electrons. The number of rotatable bonds is 2. The summed E-state index contributed by atoms with van der Waals surface area (Å²) in [6.45, 7) is 0. The summed E-state index contributed by atoms with van der Waals surface area (Å²) in [5.74, 6) is -7.07. The second-order valence-corrected chi connectivity index (χ2v) is 9.80. The Morgan fingerprint density at radius 2 is 1.38 bits per heavy atom. The molecule has 2 aliphatic rings. The van der Waals surface area contributed by atoms with E-state index in [1.54, 1.807) is 0 Å². The summed E-state index contributed by atoms with van der Waals surface area (Å²) in [6.07, 6.45) is 2.64. The van der Waals surface area contributed by atoms with Crippen LogP contribution in [0.4, 0.5) is 17.6 Å². The lowest BCUT2D eigenvalue weighted by atomic mass is 10.0. The highest BCUT2D eigenvalue weighted by Crippen LogP contribution is 2.49. The summed E-state index contributed by atoms with van der Waals surface area (Å²) in [4.78, 5) is 35.5. The van der Waals surface area contributed by atoms with Crippen molar-refractivity contribution in [1.29, 1.82) is 0 Å². The molecule has 0 saturated carbocycles. The van der Waals surface area contributed by atoms with Gasteiger partial charge in [-0.3, -0.25) is 4.79 Å². The van der Waals surface area contributed by atoms with Crippen LogP contribution in [-0.4, -0.2) is 51.5 Å². The third-order valence-electron chi connectivity index (χ3n) is 5.93. The topological polar surface area (TPSA) is 105 Å². The maximum Gasteiger partial charge on any atom is 0.340 e. The molecule has 0 amide bonds. The van der Waals surface area contributed by atoms with Gasteiger partial charge in [0, 0.05) is 0 Å². The molecule has 2 aromatic carbocycles. The third kappa shape index (κ3) is 3.98. The Bertz CT molecular complexity index is 1730. The molecule has 2 aliphatic heterocycles. The van der Waals surface area contributed by atoms with Gasteiger partial charge in [0.1, 0.15) is 23.0 Å². The number of ketones is 1. The largest absolute Gasteiger partial charge is 0.465 e. The van der Waals surface area contributed by atoms with Crippen LogP contribution >= 0.6 is 31.9 Å². The van der Waals surface area contributed by atoms with Crippen molar-refractivity contribution in [2.24, 2.45) is 0 Å². The molecular formula is C24H12Br2F4N4O5. The lowest BCUT2D eigenvalue weighted by Crippen LogP contribution is -2.13. The summed E-state index contributed by atoms with van der Waals surface area (Å²) in [6, 6.07) is 3.67. The van der Waals surface area contributed by atoms with E-state index in [4.69, 9.17) is 0 Å². The van der Waals surface area contributed by atoms with Crippen LogP contribution in [0.2, 0.25) is 0 Å². The summed E-state index contributed by atoms with van der Waals surface area (Å²) in [5, 5.41) is 7.81. The Balaban J connectivity index is 0.000000158. The molecular weight excluding hydrogens is 660 g/mol. The average Bonchev–Trinajstić information content (AvgIpc) is 3.61. The van der Waals surface area contributed by atoms with Crippen LogP contribution in [0.5, 0.6) is 0 Å². The fourth-order valence-electron chi connectivity index (χ4n) is 4.34. The van der Waals surface area contributed by atoms with Crippen LogP contribution in [0, 0.1) is 11.6 Å². The maximum absolute atomic E-state index is 14.3. The number of fused-ring (bicyclic) bond motifs is 6. The first kappa shape index (κ1) is 26.7. The monoisotopic (exact) mass is 670 g/mol. The Morgan fingerprint density at radius 3 is 2.00 bits per heavy atom. The predicted molar refractivity (Wildman–Crippen MR) is 132 cm³/mol. The second kappa shape index (κ2) is 9.41. The molecule has 0 unspecified atom stereocenters. The van der Waals surface area contributed by atoms with Crippen molar-refractivity contribution in [2.45, 2.75) is 5.92 Å². The Morgan fingerprint density at radius 1 is 0.846 bits per heavy atom. The minimum Gasteiger partial charge on any atom is -0.465 e. The molecule has 0 N–H and O–H groups in total. The number of ether oxygens (including phenoxy) is 2. The van der Waals surface area contributed by atoms with Crippen LogP contribution in [0.3, 0.4) is 0 Å². The fraction of sp³-hybridized carbons (Fsp3) is 0.125. The van der Waals surface area contributed by atoms with Crippen LogP contribution in [0.25, 0.3) is 11.4 Å². The van der Waals surface area contributed by atoms with Crippen molar-refractivity contribution in [2.75, 3.05) is 14.2 Å². The van der Waals surface area contributed by atoms with E-state index in [-0.39, 0.29) is 44.0 Å². The zero-order chi connectivity index (χ0) is 28.4. The quantitative estimate of drug-likeness (QED) is 0.190. The number of alkyl halides is 2. The molecule has 9 nitrogen and oxygen atoms in total. The van der Waals surface area contributed by atoms with Crippen molar-refractivity contribution < 1.29 is 41.4 Å². The molecule has 0 fully saturated rings. The summed E-state index contributed by atoms with van der Waals surface area (Å²) in [7, 11) is 2.28. The van der Waals surface area contributed by atoms with Gasteiger partial charge in [-0.25, -0.2) is 27.7 Å². The SMILES string of the molecule is COC(=O)c1cc(F)cc2c1-n1ncc(Br)c1C2(F)F.COC(=O)c1cc(F)cc2c1-n1ncc(Br)c1C2=O. The maximum atomic E-state index is 14.3. The van der Waals surface area contributed by atoms with Crippen molar-refractivity contribution in [3.05, 3.63) is 90.9 Å². The van der Waals surface area contributed by atoms with Crippen LogP contribution in [0.15, 0.2) is 45.6 Å². The number of halogens is 6. The molecule has 0 saturated heterocycles. The number of benzene rings is 2. The summed E-state index contributed by atoms with van der Waals surface area (Å²) >= 11 is 6.18. The highest BCUT2D eigenvalue weighted by molar-refractivity contribution is 9.10. The van der Waals surface area contributed by atoms with Gasteiger partial charge in [-0.15, -0.1) is 0 Å². The molecule has 0 bridgehead atoms. The minimum absolute atomic E-state index is 0.0276. The Kier molecular flexibility index (Phi) is 6.45. The average molecular weight is 672 g/mol. The van der Waals surface area contributed by atoms with E-state index in [0.29, 0.717) is 10.5 Å². The number of hydrogen-bond acceptors (Lipinski definition) is 7.